The van der Waals surface area contributed by atoms with Crippen LogP contribution >= 0.6 is 27.3 Å². The smallest absolute Gasteiger partial charge is 0.179 e. The van der Waals surface area contributed by atoms with Crippen molar-refractivity contribution in [2.45, 2.75) is 26.7 Å². The highest BCUT2D eigenvalue weighted by Crippen LogP contribution is 2.34. The van der Waals surface area contributed by atoms with E-state index < -0.39 is 0 Å². The van der Waals surface area contributed by atoms with E-state index in [9.17, 15) is 4.79 Å². The number of thiazole rings is 1. The number of Topliss-reactive ketones (excluding diaryl/α,β-unsaturated/α-hetero) is 1. The fourth-order valence-corrected chi connectivity index (χ4v) is 3.93. The van der Waals surface area contributed by atoms with Crippen LogP contribution < -0.4 is 4.74 Å². The van der Waals surface area contributed by atoms with E-state index in [4.69, 9.17) is 4.74 Å². The molecule has 20 heavy (non-hydrogen) atoms. The Balaban J connectivity index is 1.92. The van der Waals surface area contributed by atoms with Crippen LogP contribution in [0.25, 0.3) is 0 Å². The molecule has 0 amide bonds. The lowest BCUT2D eigenvalue weighted by Crippen LogP contribution is -2.04. The molecule has 2 aromatic rings. The molecule has 0 atom stereocenters. The first-order chi connectivity index (χ1) is 9.54. The Bertz CT molecular complexity index is 693. The molecule has 2 heterocycles. The molecule has 104 valence electrons. The summed E-state index contributed by atoms with van der Waals surface area (Å²) in [5.41, 5.74) is 2.96. The van der Waals surface area contributed by atoms with Crippen molar-refractivity contribution in [1.29, 1.82) is 0 Å². The molecule has 1 aromatic heterocycles. The number of carbonyl (C=O) groups is 1. The maximum Gasteiger partial charge on any atom is 0.179 e. The van der Waals surface area contributed by atoms with Gasteiger partial charge in [0.1, 0.15) is 5.75 Å². The second-order valence-corrected chi connectivity index (χ2v) is 7.02. The molecule has 0 saturated carbocycles. The van der Waals surface area contributed by atoms with Gasteiger partial charge in [0.25, 0.3) is 0 Å². The van der Waals surface area contributed by atoms with Crippen molar-refractivity contribution in [3.8, 4) is 5.75 Å². The number of aromatic nitrogens is 1. The van der Waals surface area contributed by atoms with Crippen molar-refractivity contribution in [2.75, 3.05) is 6.61 Å². The van der Waals surface area contributed by atoms with E-state index in [-0.39, 0.29) is 5.78 Å². The standard InChI is InChI=1S/C15H14BrNO2S/c1-8-15(20-9(2)17-8)13(18)7-11-6-12(16)5-10-3-4-19-14(10)11/h5-6H,3-4,7H2,1-2H3. The predicted molar refractivity (Wildman–Crippen MR) is 83.0 cm³/mol. The minimum atomic E-state index is 0.115. The molecule has 1 aliphatic rings. The summed E-state index contributed by atoms with van der Waals surface area (Å²) in [5.74, 6) is 1.00. The van der Waals surface area contributed by atoms with E-state index in [1.807, 2.05) is 19.9 Å². The third-order valence-corrected chi connectivity index (χ3v) is 4.90. The molecule has 0 saturated heterocycles. The molecule has 0 fully saturated rings. The van der Waals surface area contributed by atoms with Gasteiger partial charge in [0, 0.05) is 22.9 Å². The largest absolute Gasteiger partial charge is 0.493 e. The molecule has 5 heteroatoms. The van der Waals surface area contributed by atoms with E-state index in [1.165, 1.54) is 16.9 Å². The SMILES string of the molecule is Cc1nc(C)c(C(=O)Cc2cc(Br)cc3c2OCC3)s1. The van der Waals surface area contributed by atoms with Gasteiger partial charge < -0.3 is 4.74 Å². The van der Waals surface area contributed by atoms with Gasteiger partial charge in [0.15, 0.2) is 5.78 Å². The number of aryl methyl sites for hydroxylation is 2. The third kappa shape index (κ3) is 2.52. The number of halogens is 1. The Hall–Kier alpha value is -1.20. The Morgan fingerprint density at radius 3 is 2.95 bits per heavy atom. The second-order valence-electron chi connectivity index (χ2n) is 4.90. The fraction of sp³-hybridized carbons (Fsp3) is 0.333. The highest BCUT2D eigenvalue weighted by atomic mass is 79.9. The van der Waals surface area contributed by atoms with Crippen LogP contribution in [-0.2, 0) is 12.8 Å². The number of hydrogen-bond acceptors (Lipinski definition) is 4. The van der Waals surface area contributed by atoms with Gasteiger partial charge >= 0.3 is 0 Å². The minimum absolute atomic E-state index is 0.115. The summed E-state index contributed by atoms with van der Waals surface area (Å²) in [4.78, 5) is 17.5. The minimum Gasteiger partial charge on any atom is -0.493 e. The van der Waals surface area contributed by atoms with Gasteiger partial charge in [-0.2, -0.15) is 0 Å². The number of carbonyl (C=O) groups excluding carboxylic acids is 1. The Morgan fingerprint density at radius 2 is 2.25 bits per heavy atom. The molecule has 3 rings (SSSR count). The van der Waals surface area contributed by atoms with Crippen molar-refractivity contribution >= 4 is 33.0 Å². The first-order valence-corrected chi connectivity index (χ1v) is 8.07. The zero-order valence-corrected chi connectivity index (χ0v) is 13.7. The molecule has 0 bridgehead atoms. The molecular formula is C15H14BrNO2S. The zero-order chi connectivity index (χ0) is 14.3. The van der Waals surface area contributed by atoms with Gasteiger partial charge in [-0.3, -0.25) is 4.79 Å². The van der Waals surface area contributed by atoms with Gasteiger partial charge in [0.2, 0.25) is 0 Å². The van der Waals surface area contributed by atoms with Crippen LogP contribution in [0.3, 0.4) is 0 Å². The summed E-state index contributed by atoms with van der Waals surface area (Å²) in [6.07, 6.45) is 1.28. The van der Waals surface area contributed by atoms with Crippen LogP contribution in [0.2, 0.25) is 0 Å². The average molecular weight is 352 g/mol. The fourth-order valence-electron chi connectivity index (χ4n) is 2.52. The second kappa shape index (κ2) is 5.30. The molecule has 0 radical (unpaired) electrons. The van der Waals surface area contributed by atoms with Crippen LogP contribution in [0.5, 0.6) is 5.75 Å². The first-order valence-electron chi connectivity index (χ1n) is 6.46. The number of benzene rings is 1. The van der Waals surface area contributed by atoms with Crippen LogP contribution in [0.1, 0.15) is 31.5 Å². The third-order valence-electron chi connectivity index (χ3n) is 3.33. The number of hydrogen-bond donors (Lipinski definition) is 0. The summed E-state index contributed by atoms with van der Waals surface area (Å²) < 4.78 is 6.67. The lowest BCUT2D eigenvalue weighted by Gasteiger charge is -2.08. The lowest BCUT2D eigenvalue weighted by molar-refractivity contribution is 0.0995. The number of fused-ring (bicyclic) bond motifs is 1. The Morgan fingerprint density at radius 1 is 1.45 bits per heavy atom. The molecule has 0 N–H and O–H groups in total. The molecule has 0 aliphatic carbocycles. The van der Waals surface area contributed by atoms with Gasteiger partial charge in [0.05, 0.1) is 22.2 Å². The molecule has 3 nitrogen and oxygen atoms in total. The summed E-state index contributed by atoms with van der Waals surface area (Å²) in [6.45, 7) is 4.51. The number of rotatable bonds is 3. The van der Waals surface area contributed by atoms with E-state index in [2.05, 4.69) is 27.0 Å². The van der Waals surface area contributed by atoms with Crippen LogP contribution in [-0.4, -0.2) is 17.4 Å². The summed E-state index contributed by atoms with van der Waals surface area (Å²) in [7, 11) is 0. The highest BCUT2D eigenvalue weighted by Gasteiger charge is 2.21. The number of nitrogens with zero attached hydrogens (tertiary/aromatic N) is 1. The van der Waals surface area contributed by atoms with Crippen LogP contribution in [0.4, 0.5) is 0 Å². The van der Waals surface area contributed by atoms with Gasteiger partial charge in [-0.25, -0.2) is 4.98 Å². The van der Waals surface area contributed by atoms with Gasteiger partial charge in [-0.15, -0.1) is 11.3 Å². The van der Waals surface area contributed by atoms with Crippen LogP contribution in [0, 0.1) is 13.8 Å². The lowest BCUT2D eigenvalue weighted by atomic mass is 10.0. The average Bonchev–Trinajstić information content (AvgIpc) is 2.95. The Labute approximate surface area is 130 Å². The topological polar surface area (TPSA) is 39.2 Å². The van der Waals surface area contributed by atoms with Crippen molar-refractivity contribution in [3.63, 3.8) is 0 Å². The quantitative estimate of drug-likeness (QED) is 0.787. The van der Waals surface area contributed by atoms with Crippen molar-refractivity contribution in [2.24, 2.45) is 0 Å². The Kier molecular flexibility index (Phi) is 3.65. The van der Waals surface area contributed by atoms with Crippen molar-refractivity contribution < 1.29 is 9.53 Å². The maximum absolute atomic E-state index is 12.5. The maximum atomic E-state index is 12.5. The molecule has 1 aliphatic heterocycles. The molecule has 0 unspecified atom stereocenters. The first kappa shape index (κ1) is 13.8. The summed E-state index contributed by atoms with van der Waals surface area (Å²) in [6, 6.07) is 4.05. The van der Waals surface area contributed by atoms with Crippen molar-refractivity contribution in [1.82, 2.24) is 4.98 Å². The molecule has 1 aromatic carbocycles. The van der Waals surface area contributed by atoms with E-state index in [0.717, 1.165) is 37.8 Å². The number of ether oxygens (including phenoxy) is 1. The predicted octanol–water partition coefficient (Wildman–Crippen LogP) is 3.88. The van der Waals surface area contributed by atoms with E-state index in [1.54, 1.807) is 0 Å². The van der Waals surface area contributed by atoms with Crippen molar-refractivity contribution in [3.05, 3.63) is 43.3 Å². The van der Waals surface area contributed by atoms with Gasteiger partial charge in [-0.1, -0.05) is 15.9 Å². The van der Waals surface area contributed by atoms with E-state index >= 15 is 0 Å². The zero-order valence-electron chi connectivity index (χ0n) is 11.3. The molecular weight excluding hydrogens is 338 g/mol. The number of ketones is 1. The highest BCUT2D eigenvalue weighted by molar-refractivity contribution is 9.10. The monoisotopic (exact) mass is 351 g/mol. The van der Waals surface area contributed by atoms with E-state index in [0.29, 0.717) is 13.0 Å². The van der Waals surface area contributed by atoms with Crippen LogP contribution in [0.15, 0.2) is 16.6 Å². The summed E-state index contributed by atoms with van der Waals surface area (Å²) >= 11 is 4.97. The van der Waals surface area contributed by atoms with Gasteiger partial charge in [-0.05, 0) is 31.5 Å². The normalized spacial score (nSPS) is 13.2. The molecule has 0 spiro atoms. The summed E-state index contributed by atoms with van der Waals surface area (Å²) in [5, 5.41) is 0.932.